The van der Waals surface area contributed by atoms with E-state index in [1.807, 2.05) is 42.5 Å². The molecule has 5 rings (SSSR count). The highest BCUT2D eigenvalue weighted by molar-refractivity contribution is 8.18. The lowest BCUT2D eigenvalue weighted by atomic mass is 10.1. The summed E-state index contributed by atoms with van der Waals surface area (Å²) in [5, 5.41) is 2.09. The fourth-order valence-electron chi connectivity index (χ4n) is 3.86. The lowest BCUT2D eigenvalue weighted by Crippen LogP contribution is -2.32. The molecular formula is C29H20ClNO5S. The Labute approximate surface area is 222 Å². The summed E-state index contributed by atoms with van der Waals surface area (Å²) in [6, 6.07) is 26.8. The van der Waals surface area contributed by atoms with Crippen molar-refractivity contribution >= 4 is 57.3 Å². The highest BCUT2D eigenvalue weighted by Crippen LogP contribution is 2.33. The van der Waals surface area contributed by atoms with Crippen molar-refractivity contribution in [2.75, 3.05) is 13.2 Å². The highest BCUT2D eigenvalue weighted by atomic mass is 35.5. The van der Waals surface area contributed by atoms with Gasteiger partial charge in [-0.25, -0.2) is 4.79 Å². The van der Waals surface area contributed by atoms with Crippen molar-refractivity contribution in [3.8, 4) is 11.5 Å². The molecule has 1 aliphatic heterocycles. The number of halogens is 1. The molecular weight excluding hydrogens is 510 g/mol. The van der Waals surface area contributed by atoms with Crippen molar-refractivity contribution < 1.29 is 23.9 Å². The van der Waals surface area contributed by atoms with Gasteiger partial charge >= 0.3 is 5.97 Å². The van der Waals surface area contributed by atoms with Gasteiger partial charge in [-0.3, -0.25) is 14.5 Å². The second kappa shape index (κ2) is 10.9. The number of hydrogen-bond donors (Lipinski definition) is 0. The number of esters is 1. The normalized spacial score (nSPS) is 14.4. The van der Waals surface area contributed by atoms with Crippen LogP contribution in [0, 0.1) is 0 Å². The molecule has 4 aromatic rings. The van der Waals surface area contributed by atoms with Gasteiger partial charge in [-0.15, -0.1) is 0 Å². The Hall–Kier alpha value is -4.07. The minimum absolute atomic E-state index is 0.127. The Balaban J connectivity index is 1.24. The highest BCUT2D eigenvalue weighted by Gasteiger charge is 2.34. The van der Waals surface area contributed by atoms with Crippen LogP contribution in [0.4, 0.5) is 4.79 Å². The predicted molar refractivity (Wildman–Crippen MR) is 145 cm³/mol. The molecule has 1 fully saturated rings. The number of hydrogen-bond acceptors (Lipinski definition) is 6. The summed E-state index contributed by atoms with van der Waals surface area (Å²) in [4.78, 5) is 39.3. The number of benzene rings is 4. The zero-order chi connectivity index (χ0) is 25.8. The zero-order valence-electron chi connectivity index (χ0n) is 19.4. The van der Waals surface area contributed by atoms with E-state index >= 15 is 0 Å². The Kier molecular flexibility index (Phi) is 7.25. The van der Waals surface area contributed by atoms with Crippen molar-refractivity contribution in [1.29, 1.82) is 0 Å². The van der Waals surface area contributed by atoms with Crippen LogP contribution in [0.5, 0.6) is 11.5 Å². The summed E-state index contributed by atoms with van der Waals surface area (Å²) in [5.74, 6) is 0.0650. The van der Waals surface area contributed by atoms with E-state index in [4.69, 9.17) is 21.1 Å². The van der Waals surface area contributed by atoms with Crippen LogP contribution in [-0.2, 0) is 4.79 Å². The SMILES string of the molecule is O=C(Oc1cccc(/C=C2\SC(=O)N(CCOc3cccc4ccccc34)C2=O)c1)c1cccc(Cl)c1. The molecule has 0 radical (unpaired) electrons. The second-order valence-corrected chi connectivity index (χ2v) is 9.56. The number of ether oxygens (including phenoxy) is 2. The molecule has 6 nitrogen and oxygen atoms in total. The average molecular weight is 530 g/mol. The summed E-state index contributed by atoms with van der Waals surface area (Å²) in [6.07, 6.45) is 1.60. The molecule has 0 spiro atoms. The molecule has 0 atom stereocenters. The minimum atomic E-state index is -0.550. The third-order valence-electron chi connectivity index (χ3n) is 5.62. The van der Waals surface area contributed by atoms with Gasteiger partial charge in [0.1, 0.15) is 18.1 Å². The van der Waals surface area contributed by atoms with Crippen LogP contribution in [0.25, 0.3) is 16.8 Å². The quantitative estimate of drug-likeness (QED) is 0.148. The lowest BCUT2D eigenvalue weighted by molar-refractivity contribution is -0.123. The van der Waals surface area contributed by atoms with E-state index < -0.39 is 11.9 Å². The summed E-state index contributed by atoms with van der Waals surface area (Å²) in [7, 11) is 0. The number of imide groups is 1. The fourth-order valence-corrected chi connectivity index (χ4v) is 4.92. The predicted octanol–water partition coefficient (Wildman–Crippen LogP) is 6.83. The molecule has 1 saturated heterocycles. The van der Waals surface area contributed by atoms with Gasteiger partial charge in [0.2, 0.25) is 0 Å². The fraction of sp³-hybridized carbons (Fsp3) is 0.0690. The first kappa shape index (κ1) is 24.6. The number of carbonyl (C=O) groups excluding carboxylic acids is 3. The maximum atomic E-state index is 12.9. The summed E-state index contributed by atoms with van der Waals surface area (Å²) in [6.45, 7) is 0.302. The van der Waals surface area contributed by atoms with Gasteiger partial charge in [-0.1, -0.05) is 66.2 Å². The molecule has 8 heteroatoms. The smallest absolute Gasteiger partial charge is 0.343 e. The van der Waals surface area contributed by atoms with Crippen LogP contribution in [-0.4, -0.2) is 35.2 Å². The molecule has 0 bridgehead atoms. The minimum Gasteiger partial charge on any atom is -0.491 e. The van der Waals surface area contributed by atoms with Crippen LogP contribution in [0.15, 0.2) is 95.9 Å². The van der Waals surface area contributed by atoms with E-state index in [0.717, 1.165) is 22.5 Å². The molecule has 0 aliphatic carbocycles. The van der Waals surface area contributed by atoms with E-state index in [1.165, 1.54) is 11.0 Å². The Morgan fingerprint density at radius 2 is 1.70 bits per heavy atom. The van der Waals surface area contributed by atoms with Gasteiger partial charge in [0.25, 0.3) is 11.1 Å². The van der Waals surface area contributed by atoms with Crippen LogP contribution >= 0.6 is 23.4 Å². The first-order chi connectivity index (χ1) is 18.0. The monoisotopic (exact) mass is 529 g/mol. The van der Waals surface area contributed by atoms with Crippen molar-refractivity contribution in [2.45, 2.75) is 0 Å². The molecule has 1 heterocycles. The largest absolute Gasteiger partial charge is 0.491 e. The molecule has 184 valence electrons. The van der Waals surface area contributed by atoms with Crippen molar-refractivity contribution in [1.82, 2.24) is 4.90 Å². The van der Waals surface area contributed by atoms with Gasteiger partial charge in [0.15, 0.2) is 0 Å². The van der Waals surface area contributed by atoms with Gasteiger partial charge in [0.05, 0.1) is 17.0 Å². The second-order valence-electron chi connectivity index (χ2n) is 8.13. The summed E-state index contributed by atoms with van der Waals surface area (Å²) in [5.41, 5.74) is 0.943. The number of amides is 2. The molecule has 4 aromatic carbocycles. The van der Waals surface area contributed by atoms with E-state index in [9.17, 15) is 14.4 Å². The Morgan fingerprint density at radius 3 is 2.57 bits per heavy atom. The first-order valence-electron chi connectivity index (χ1n) is 11.4. The van der Waals surface area contributed by atoms with Gasteiger partial charge in [-0.2, -0.15) is 0 Å². The van der Waals surface area contributed by atoms with Crippen LogP contribution < -0.4 is 9.47 Å². The van der Waals surface area contributed by atoms with Gasteiger partial charge < -0.3 is 9.47 Å². The van der Waals surface area contributed by atoms with E-state index in [1.54, 1.807) is 48.5 Å². The maximum absolute atomic E-state index is 12.9. The van der Waals surface area contributed by atoms with Crippen LogP contribution in [0.3, 0.4) is 0 Å². The lowest BCUT2D eigenvalue weighted by Gasteiger charge is -2.14. The van der Waals surface area contributed by atoms with Gasteiger partial charge in [0, 0.05) is 10.4 Å². The van der Waals surface area contributed by atoms with Gasteiger partial charge in [-0.05, 0) is 65.2 Å². The number of thioether (sulfide) groups is 1. The Bertz CT molecular complexity index is 1550. The maximum Gasteiger partial charge on any atom is 0.343 e. The van der Waals surface area contributed by atoms with Crippen molar-refractivity contribution in [3.63, 3.8) is 0 Å². The third kappa shape index (κ3) is 5.69. The summed E-state index contributed by atoms with van der Waals surface area (Å²) < 4.78 is 11.3. The number of rotatable bonds is 7. The zero-order valence-corrected chi connectivity index (χ0v) is 21.0. The number of fused-ring (bicyclic) bond motifs is 1. The molecule has 0 unspecified atom stereocenters. The van der Waals surface area contributed by atoms with E-state index in [2.05, 4.69) is 0 Å². The molecule has 0 aromatic heterocycles. The topological polar surface area (TPSA) is 72.9 Å². The number of nitrogens with zero attached hydrogens (tertiary/aromatic N) is 1. The Morgan fingerprint density at radius 1 is 0.919 bits per heavy atom. The van der Waals surface area contributed by atoms with E-state index in [-0.39, 0.29) is 23.3 Å². The first-order valence-corrected chi connectivity index (χ1v) is 12.6. The molecule has 0 saturated carbocycles. The van der Waals surface area contributed by atoms with Crippen molar-refractivity contribution in [2.24, 2.45) is 0 Å². The van der Waals surface area contributed by atoms with Crippen molar-refractivity contribution in [3.05, 3.63) is 112 Å². The molecule has 37 heavy (non-hydrogen) atoms. The van der Waals surface area contributed by atoms with Crippen LogP contribution in [0.1, 0.15) is 15.9 Å². The molecule has 1 aliphatic rings. The average Bonchev–Trinajstić information content (AvgIpc) is 3.16. The number of carbonyl (C=O) groups is 3. The van der Waals surface area contributed by atoms with Crippen LogP contribution in [0.2, 0.25) is 5.02 Å². The standard InChI is InChI=1S/C29H20ClNO5S/c30-22-10-4-9-21(18-22)28(33)36-23-11-3-6-19(16-23)17-26-27(32)31(29(34)37-26)14-15-35-25-13-5-8-20-7-1-2-12-24(20)25/h1-13,16-18H,14-15H2/b26-17-. The molecule has 2 amide bonds. The molecule has 0 N–H and O–H groups in total. The summed E-state index contributed by atoms with van der Waals surface area (Å²) >= 11 is 6.81. The van der Waals surface area contributed by atoms with E-state index in [0.29, 0.717) is 27.6 Å². The third-order valence-corrected chi connectivity index (χ3v) is 6.76.